The quantitative estimate of drug-likeness (QED) is 0.490. The summed E-state index contributed by atoms with van der Waals surface area (Å²) >= 11 is 5.82. The molecule has 0 radical (unpaired) electrons. The van der Waals surface area contributed by atoms with Gasteiger partial charge in [0.2, 0.25) is 0 Å². The Hall–Kier alpha value is -3.44. The third-order valence-corrected chi connectivity index (χ3v) is 4.22. The first-order valence-corrected chi connectivity index (χ1v) is 8.96. The van der Waals surface area contributed by atoms with Crippen molar-refractivity contribution in [1.82, 2.24) is 5.43 Å². The highest BCUT2D eigenvalue weighted by Crippen LogP contribution is 2.14. The second-order valence-corrected chi connectivity index (χ2v) is 6.58. The monoisotopic (exact) mass is 391 g/mol. The molecule has 0 saturated carbocycles. The number of carbonyl (C=O) groups excluding carboxylic acids is 2. The number of aryl methyl sites for hydroxylation is 1. The highest BCUT2D eigenvalue weighted by molar-refractivity contribution is 6.30. The van der Waals surface area contributed by atoms with Gasteiger partial charge in [-0.2, -0.15) is 5.10 Å². The number of halogens is 1. The minimum Gasteiger partial charge on any atom is -0.322 e. The lowest BCUT2D eigenvalue weighted by Crippen LogP contribution is -2.17. The Morgan fingerprint density at radius 1 is 0.821 bits per heavy atom. The Bertz CT molecular complexity index is 995. The van der Waals surface area contributed by atoms with E-state index in [0.29, 0.717) is 21.8 Å². The fourth-order valence-electron chi connectivity index (χ4n) is 2.39. The minimum atomic E-state index is -0.334. The summed E-state index contributed by atoms with van der Waals surface area (Å²) in [6.45, 7) is 2.00. The van der Waals surface area contributed by atoms with E-state index in [1.807, 2.05) is 31.2 Å². The van der Waals surface area contributed by atoms with Crippen molar-refractivity contribution in [1.29, 1.82) is 0 Å². The van der Waals surface area contributed by atoms with Crippen molar-refractivity contribution < 1.29 is 9.59 Å². The number of anilines is 1. The van der Waals surface area contributed by atoms with Crippen molar-refractivity contribution >= 4 is 35.3 Å². The van der Waals surface area contributed by atoms with Crippen molar-refractivity contribution in [2.24, 2.45) is 5.10 Å². The molecular formula is C22H18ClN3O2. The van der Waals surface area contributed by atoms with E-state index in [4.69, 9.17) is 11.6 Å². The molecule has 3 aromatic carbocycles. The molecule has 0 aromatic heterocycles. The normalized spacial score (nSPS) is 10.6. The van der Waals surface area contributed by atoms with Crippen LogP contribution in [0.15, 0.2) is 77.9 Å². The molecule has 0 unspecified atom stereocenters. The lowest BCUT2D eigenvalue weighted by atomic mass is 10.1. The van der Waals surface area contributed by atoms with Crippen LogP contribution < -0.4 is 10.7 Å². The fraction of sp³-hybridized carbons (Fsp3) is 0.0455. The van der Waals surface area contributed by atoms with Gasteiger partial charge in [0.1, 0.15) is 0 Å². The van der Waals surface area contributed by atoms with Gasteiger partial charge in [0, 0.05) is 21.8 Å². The van der Waals surface area contributed by atoms with Crippen molar-refractivity contribution in [3.8, 4) is 0 Å². The van der Waals surface area contributed by atoms with Crippen LogP contribution in [-0.2, 0) is 0 Å². The van der Waals surface area contributed by atoms with Crippen LogP contribution in [0.4, 0.5) is 5.69 Å². The van der Waals surface area contributed by atoms with Gasteiger partial charge in [0.15, 0.2) is 0 Å². The predicted molar refractivity (Wildman–Crippen MR) is 112 cm³/mol. The smallest absolute Gasteiger partial charge is 0.271 e. The first-order valence-electron chi connectivity index (χ1n) is 8.58. The summed E-state index contributed by atoms with van der Waals surface area (Å²) in [6, 6.07) is 20.9. The number of hydrogen-bond donors (Lipinski definition) is 2. The summed E-state index contributed by atoms with van der Waals surface area (Å²) in [7, 11) is 0. The number of hydrogen-bond acceptors (Lipinski definition) is 3. The largest absolute Gasteiger partial charge is 0.322 e. The Morgan fingerprint density at radius 3 is 2.04 bits per heavy atom. The number of rotatable bonds is 5. The van der Waals surface area contributed by atoms with E-state index in [9.17, 15) is 9.59 Å². The van der Waals surface area contributed by atoms with Crippen LogP contribution >= 0.6 is 11.6 Å². The zero-order valence-corrected chi connectivity index (χ0v) is 15.9. The highest BCUT2D eigenvalue weighted by atomic mass is 35.5. The van der Waals surface area contributed by atoms with Crippen LogP contribution in [0.5, 0.6) is 0 Å². The molecule has 6 heteroatoms. The van der Waals surface area contributed by atoms with Gasteiger partial charge in [-0.25, -0.2) is 5.43 Å². The van der Waals surface area contributed by atoms with Gasteiger partial charge < -0.3 is 5.32 Å². The van der Waals surface area contributed by atoms with E-state index in [1.54, 1.807) is 54.7 Å². The maximum absolute atomic E-state index is 12.2. The fourth-order valence-corrected chi connectivity index (χ4v) is 2.52. The van der Waals surface area contributed by atoms with Gasteiger partial charge in [-0.3, -0.25) is 9.59 Å². The summed E-state index contributed by atoms with van der Waals surface area (Å²) in [4.78, 5) is 24.3. The van der Waals surface area contributed by atoms with Crippen molar-refractivity contribution in [3.63, 3.8) is 0 Å². The van der Waals surface area contributed by atoms with Crippen LogP contribution in [-0.4, -0.2) is 18.0 Å². The lowest BCUT2D eigenvalue weighted by Gasteiger charge is -2.06. The Kier molecular flexibility index (Phi) is 6.19. The molecule has 2 N–H and O–H groups in total. The van der Waals surface area contributed by atoms with Crippen LogP contribution in [0.3, 0.4) is 0 Å². The molecule has 0 aliphatic carbocycles. The Morgan fingerprint density at radius 2 is 1.39 bits per heavy atom. The predicted octanol–water partition coefficient (Wildman–Crippen LogP) is 4.66. The molecule has 0 aliphatic heterocycles. The molecule has 5 nitrogen and oxygen atoms in total. The molecule has 3 aromatic rings. The number of benzene rings is 3. The number of carbonyl (C=O) groups is 2. The molecule has 0 saturated heterocycles. The number of nitrogens with zero attached hydrogens (tertiary/aromatic N) is 1. The maximum atomic E-state index is 12.2. The standard InChI is InChI=1S/C22H18ClN3O2/c1-15-2-4-16(5-3-15)14-24-26-22(28)18-8-12-20(13-9-18)25-21(27)17-6-10-19(23)11-7-17/h2-14H,1H3,(H,25,27)(H,26,28)/b24-14+. The van der Waals surface area contributed by atoms with E-state index in [1.165, 1.54) is 0 Å². The first-order chi connectivity index (χ1) is 13.5. The van der Waals surface area contributed by atoms with Gasteiger partial charge >= 0.3 is 0 Å². The highest BCUT2D eigenvalue weighted by Gasteiger charge is 2.08. The van der Waals surface area contributed by atoms with Crippen LogP contribution in [0.25, 0.3) is 0 Å². The van der Waals surface area contributed by atoms with E-state index in [-0.39, 0.29) is 11.8 Å². The molecule has 0 fully saturated rings. The van der Waals surface area contributed by atoms with Crippen molar-refractivity contribution in [3.05, 3.63) is 100 Å². The van der Waals surface area contributed by atoms with E-state index < -0.39 is 0 Å². The van der Waals surface area contributed by atoms with Crippen molar-refractivity contribution in [2.45, 2.75) is 6.92 Å². The molecular weight excluding hydrogens is 374 g/mol. The second-order valence-electron chi connectivity index (χ2n) is 6.15. The summed E-state index contributed by atoms with van der Waals surface area (Å²) in [5, 5.41) is 7.30. The molecule has 0 bridgehead atoms. The van der Waals surface area contributed by atoms with Crippen LogP contribution in [0.1, 0.15) is 31.8 Å². The topological polar surface area (TPSA) is 70.6 Å². The molecule has 0 spiro atoms. The molecule has 28 heavy (non-hydrogen) atoms. The lowest BCUT2D eigenvalue weighted by molar-refractivity contribution is 0.0954. The SMILES string of the molecule is Cc1ccc(/C=N/NC(=O)c2ccc(NC(=O)c3ccc(Cl)cc3)cc2)cc1. The minimum absolute atomic E-state index is 0.253. The summed E-state index contributed by atoms with van der Waals surface area (Å²) < 4.78 is 0. The maximum Gasteiger partial charge on any atom is 0.271 e. The van der Waals surface area contributed by atoms with Gasteiger partial charge in [0.05, 0.1) is 6.21 Å². The molecule has 0 atom stereocenters. The zero-order chi connectivity index (χ0) is 19.9. The molecule has 0 aliphatic rings. The third-order valence-electron chi connectivity index (χ3n) is 3.97. The molecule has 140 valence electrons. The number of amides is 2. The van der Waals surface area contributed by atoms with Crippen molar-refractivity contribution in [2.75, 3.05) is 5.32 Å². The van der Waals surface area contributed by atoms with E-state index in [2.05, 4.69) is 15.8 Å². The summed E-state index contributed by atoms with van der Waals surface area (Å²) in [6.07, 6.45) is 1.58. The molecule has 3 rings (SSSR count). The first kappa shape index (κ1) is 19.3. The summed E-state index contributed by atoms with van der Waals surface area (Å²) in [5.41, 5.74) is 6.05. The molecule has 2 amide bonds. The zero-order valence-electron chi connectivity index (χ0n) is 15.1. The van der Waals surface area contributed by atoms with Crippen LogP contribution in [0, 0.1) is 6.92 Å². The second kappa shape index (κ2) is 8.97. The number of hydrazone groups is 1. The average molecular weight is 392 g/mol. The molecule has 0 heterocycles. The van der Waals surface area contributed by atoms with Gasteiger partial charge in [-0.05, 0) is 61.0 Å². The van der Waals surface area contributed by atoms with E-state index in [0.717, 1.165) is 11.1 Å². The number of nitrogens with one attached hydrogen (secondary N) is 2. The Labute approximate surface area is 168 Å². The average Bonchev–Trinajstić information content (AvgIpc) is 2.70. The van der Waals surface area contributed by atoms with Gasteiger partial charge in [-0.15, -0.1) is 0 Å². The van der Waals surface area contributed by atoms with Gasteiger partial charge in [-0.1, -0.05) is 41.4 Å². The van der Waals surface area contributed by atoms with E-state index >= 15 is 0 Å². The summed E-state index contributed by atoms with van der Waals surface area (Å²) in [5.74, 6) is -0.587. The Balaban J connectivity index is 1.57. The van der Waals surface area contributed by atoms with Crippen LogP contribution in [0.2, 0.25) is 5.02 Å². The van der Waals surface area contributed by atoms with Gasteiger partial charge in [0.25, 0.3) is 11.8 Å². The third kappa shape index (κ3) is 5.28.